The summed E-state index contributed by atoms with van der Waals surface area (Å²) in [5, 5.41) is 6.77. The smallest absolute Gasteiger partial charge is 0.259 e. The Balaban J connectivity index is 1.90. The summed E-state index contributed by atoms with van der Waals surface area (Å²) >= 11 is 0. The fourth-order valence-electron chi connectivity index (χ4n) is 2.15. The Bertz CT molecular complexity index is 697. The van der Waals surface area contributed by atoms with Crippen LogP contribution >= 0.6 is 0 Å². The Kier molecular flexibility index (Phi) is 6.71. The zero-order valence-electron chi connectivity index (χ0n) is 13.7. The number of rotatable bonds is 7. The Morgan fingerprint density at radius 1 is 0.917 bits per heavy atom. The third-order valence-electron chi connectivity index (χ3n) is 3.35. The number of benzene rings is 2. The molecule has 5 nitrogen and oxygen atoms in total. The fourth-order valence-corrected chi connectivity index (χ4v) is 2.15. The van der Waals surface area contributed by atoms with Gasteiger partial charge in [-0.05, 0) is 24.1 Å². The lowest BCUT2D eigenvalue weighted by Gasteiger charge is -2.07. The van der Waals surface area contributed by atoms with E-state index in [2.05, 4.69) is 22.8 Å². The maximum atomic E-state index is 11.9. The van der Waals surface area contributed by atoms with Crippen LogP contribution in [0.2, 0.25) is 0 Å². The molecule has 0 aliphatic heterocycles. The third-order valence-corrected chi connectivity index (χ3v) is 3.35. The summed E-state index contributed by atoms with van der Waals surface area (Å²) in [7, 11) is 0. The van der Waals surface area contributed by atoms with Crippen LogP contribution in [0.5, 0.6) is 0 Å². The third kappa shape index (κ3) is 5.35. The van der Waals surface area contributed by atoms with Crippen LogP contribution in [0.4, 0.5) is 0 Å². The van der Waals surface area contributed by atoms with E-state index in [1.807, 2.05) is 36.4 Å². The lowest BCUT2D eigenvalue weighted by Crippen LogP contribution is -2.35. The van der Waals surface area contributed by atoms with Gasteiger partial charge in [-0.3, -0.25) is 9.59 Å². The molecule has 0 aliphatic carbocycles. The van der Waals surface area contributed by atoms with E-state index in [-0.39, 0.29) is 18.4 Å². The van der Waals surface area contributed by atoms with Gasteiger partial charge in [-0.15, -0.1) is 0 Å². The molecule has 0 aliphatic rings. The Morgan fingerprint density at radius 2 is 1.50 bits per heavy atom. The first-order chi connectivity index (χ1) is 11.7. The number of carbonyl (C=O) groups excluding carboxylic acids is 2. The predicted molar refractivity (Wildman–Crippen MR) is 94.8 cm³/mol. The fraction of sp³-hybridized carbons (Fsp3) is 0.211. The molecule has 0 spiro atoms. The van der Waals surface area contributed by atoms with Gasteiger partial charge in [0.2, 0.25) is 0 Å². The van der Waals surface area contributed by atoms with Crippen LogP contribution < -0.4 is 10.7 Å². The van der Waals surface area contributed by atoms with E-state index in [0.29, 0.717) is 5.56 Å². The molecule has 124 valence electrons. The van der Waals surface area contributed by atoms with E-state index < -0.39 is 0 Å². The Morgan fingerprint density at radius 3 is 2.08 bits per heavy atom. The first-order valence-electron chi connectivity index (χ1n) is 7.94. The minimum atomic E-state index is -0.358. The van der Waals surface area contributed by atoms with Gasteiger partial charge in [0.1, 0.15) is 0 Å². The molecule has 0 atom stereocenters. The molecule has 2 amide bonds. The summed E-state index contributed by atoms with van der Waals surface area (Å²) in [6, 6.07) is 18.5. The van der Waals surface area contributed by atoms with Gasteiger partial charge in [-0.2, -0.15) is 5.10 Å². The van der Waals surface area contributed by atoms with Crippen LogP contribution in [0.15, 0.2) is 65.8 Å². The average molecular weight is 323 g/mol. The first kappa shape index (κ1) is 17.4. The minimum Gasteiger partial charge on any atom is -0.343 e. The predicted octanol–water partition coefficient (Wildman–Crippen LogP) is 2.74. The molecule has 24 heavy (non-hydrogen) atoms. The van der Waals surface area contributed by atoms with Crippen molar-refractivity contribution in [2.75, 3.05) is 6.54 Å². The van der Waals surface area contributed by atoms with E-state index in [1.54, 1.807) is 24.3 Å². The lowest BCUT2D eigenvalue weighted by atomic mass is 10.1. The maximum absolute atomic E-state index is 11.9. The van der Waals surface area contributed by atoms with Crippen molar-refractivity contribution in [3.05, 3.63) is 71.8 Å². The normalized spacial score (nSPS) is 11.0. The molecule has 0 radical (unpaired) electrons. The Labute approximate surface area is 141 Å². The van der Waals surface area contributed by atoms with Crippen molar-refractivity contribution >= 4 is 17.5 Å². The highest BCUT2D eigenvalue weighted by Gasteiger charge is 2.08. The van der Waals surface area contributed by atoms with Crippen LogP contribution in [0.3, 0.4) is 0 Å². The SMILES string of the molecule is CCC/C(=N/NC(=O)CNC(=O)c1ccccc1)c1ccccc1. The summed E-state index contributed by atoms with van der Waals surface area (Å²) in [5.41, 5.74) is 4.83. The second kappa shape index (κ2) is 9.25. The van der Waals surface area contributed by atoms with Crippen LogP contribution in [-0.4, -0.2) is 24.1 Å². The van der Waals surface area contributed by atoms with Gasteiger partial charge in [0.25, 0.3) is 11.8 Å². The molecule has 0 heterocycles. The topological polar surface area (TPSA) is 70.6 Å². The molecule has 0 unspecified atom stereocenters. The minimum absolute atomic E-state index is 0.120. The molecule has 0 bridgehead atoms. The molecule has 0 fully saturated rings. The summed E-state index contributed by atoms with van der Waals surface area (Å²) in [4.78, 5) is 23.8. The second-order valence-corrected chi connectivity index (χ2v) is 5.26. The molecule has 5 heteroatoms. The summed E-state index contributed by atoms with van der Waals surface area (Å²) in [6.07, 6.45) is 1.69. The molecule has 2 N–H and O–H groups in total. The number of carbonyl (C=O) groups is 2. The van der Waals surface area contributed by atoms with E-state index in [1.165, 1.54) is 0 Å². The summed E-state index contributed by atoms with van der Waals surface area (Å²) in [6.45, 7) is 1.94. The lowest BCUT2D eigenvalue weighted by molar-refractivity contribution is -0.120. The van der Waals surface area contributed by atoms with Gasteiger partial charge in [0.05, 0.1) is 12.3 Å². The molecular weight excluding hydrogens is 302 g/mol. The zero-order chi connectivity index (χ0) is 17.2. The van der Waals surface area contributed by atoms with Crippen molar-refractivity contribution in [1.82, 2.24) is 10.7 Å². The van der Waals surface area contributed by atoms with E-state index in [0.717, 1.165) is 24.1 Å². The van der Waals surface area contributed by atoms with Crippen LogP contribution in [-0.2, 0) is 4.79 Å². The molecule has 2 aromatic carbocycles. The number of nitrogens with zero attached hydrogens (tertiary/aromatic N) is 1. The van der Waals surface area contributed by atoms with Crippen molar-refractivity contribution in [2.24, 2.45) is 5.10 Å². The molecule has 2 rings (SSSR count). The maximum Gasteiger partial charge on any atom is 0.259 e. The summed E-state index contributed by atoms with van der Waals surface area (Å²) < 4.78 is 0. The molecule has 0 saturated heterocycles. The average Bonchev–Trinajstić information content (AvgIpc) is 2.64. The number of hydrazone groups is 1. The largest absolute Gasteiger partial charge is 0.343 e. The van der Waals surface area contributed by atoms with Gasteiger partial charge >= 0.3 is 0 Å². The first-order valence-corrected chi connectivity index (χ1v) is 7.94. The van der Waals surface area contributed by atoms with E-state index >= 15 is 0 Å². The highest BCUT2D eigenvalue weighted by molar-refractivity contribution is 6.01. The quantitative estimate of drug-likeness (QED) is 0.607. The van der Waals surface area contributed by atoms with Gasteiger partial charge in [0.15, 0.2) is 0 Å². The molecule has 0 saturated carbocycles. The van der Waals surface area contributed by atoms with Crippen molar-refractivity contribution in [1.29, 1.82) is 0 Å². The standard InChI is InChI=1S/C19H21N3O2/c1-2-9-17(15-10-5-3-6-11-15)21-22-18(23)14-20-19(24)16-12-7-4-8-13-16/h3-8,10-13H,2,9,14H2,1H3,(H,20,24)(H,22,23)/b21-17-. The molecule has 2 aromatic rings. The van der Waals surface area contributed by atoms with Gasteiger partial charge in [-0.1, -0.05) is 61.9 Å². The van der Waals surface area contributed by atoms with Crippen LogP contribution in [0, 0.1) is 0 Å². The van der Waals surface area contributed by atoms with Gasteiger partial charge < -0.3 is 5.32 Å². The van der Waals surface area contributed by atoms with Crippen molar-refractivity contribution in [3.8, 4) is 0 Å². The monoisotopic (exact) mass is 323 g/mol. The van der Waals surface area contributed by atoms with Crippen molar-refractivity contribution in [2.45, 2.75) is 19.8 Å². The number of hydrogen-bond acceptors (Lipinski definition) is 3. The highest BCUT2D eigenvalue weighted by atomic mass is 16.2. The Hall–Kier alpha value is -2.95. The summed E-state index contributed by atoms with van der Waals surface area (Å²) in [5.74, 6) is -0.643. The van der Waals surface area contributed by atoms with Crippen molar-refractivity contribution in [3.63, 3.8) is 0 Å². The van der Waals surface area contributed by atoms with E-state index in [4.69, 9.17) is 0 Å². The van der Waals surface area contributed by atoms with Crippen molar-refractivity contribution < 1.29 is 9.59 Å². The number of amides is 2. The number of hydrogen-bond donors (Lipinski definition) is 2. The van der Waals surface area contributed by atoms with E-state index in [9.17, 15) is 9.59 Å². The molecular formula is C19H21N3O2. The number of nitrogens with one attached hydrogen (secondary N) is 2. The second-order valence-electron chi connectivity index (χ2n) is 5.26. The molecule has 0 aromatic heterocycles. The van der Waals surface area contributed by atoms with Crippen LogP contribution in [0.1, 0.15) is 35.7 Å². The van der Waals surface area contributed by atoms with Gasteiger partial charge in [0, 0.05) is 5.56 Å². The van der Waals surface area contributed by atoms with Gasteiger partial charge in [-0.25, -0.2) is 5.43 Å². The zero-order valence-corrected chi connectivity index (χ0v) is 13.7. The highest BCUT2D eigenvalue weighted by Crippen LogP contribution is 2.06. The van der Waals surface area contributed by atoms with Crippen LogP contribution in [0.25, 0.3) is 0 Å².